The van der Waals surface area contributed by atoms with Crippen LogP contribution in [0.15, 0.2) is 59.1 Å². The number of rotatable bonds is 6. The number of amides is 1. The Balaban J connectivity index is 1.75. The number of nitrogens with one attached hydrogen (secondary N) is 1. The van der Waals surface area contributed by atoms with E-state index in [4.69, 9.17) is 0 Å². The smallest absolute Gasteiger partial charge is 0.274 e. The highest BCUT2D eigenvalue weighted by molar-refractivity contribution is 9.10. The molecule has 26 heavy (non-hydrogen) atoms. The molecule has 0 aliphatic carbocycles. The second-order valence-corrected chi connectivity index (χ2v) is 6.87. The Morgan fingerprint density at radius 1 is 1.23 bits per heavy atom. The highest BCUT2D eigenvalue weighted by Gasteiger charge is 2.20. The predicted molar refractivity (Wildman–Crippen MR) is 102 cm³/mol. The van der Waals surface area contributed by atoms with Gasteiger partial charge in [0.15, 0.2) is 5.69 Å². The first kappa shape index (κ1) is 18.3. The van der Waals surface area contributed by atoms with Crippen molar-refractivity contribution in [1.29, 1.82) is 0 Å². The van der Waals surface area contributed by atoms with E-state index in [1.54, 1.807) is 11.6 Å². The van der Waals surface area contributed by atoms with Gasteiger partial charge in [-0.3, -0.25) is 4.79 Å². The van der Waals surface area contributed by atoms with Crippen LogP contribution in [0.5, 0.6) is 0 Å². The fourth-order valence-corrected chi connectivity index (χ4v) is 3.09. The van der Waals surface area contributed by atoms with Gasteiger partial charge in [0.05, 0.1) is 24.0 Å². The minimum Gasteiger partial charge on any atom is -0.394 e. The Labute approximate surface area is 160 Å². The lowest BCUT2D eigenvalue weighted by Gasteiger charge is -2.15. The van der Waals surface area contributed by atoms with Gasteiger partial charge in [-0.25, -0.2) is 4.68 Å². The predicted octanol–water partition coefficient (Wildman–Crippen LogP) is 2.67. The first-order valence-electron chi connectivity index (χ1n) is 8.22. The molecule has 0 aliphatic heterocycles. The van der Waals surface area contributed by atoms with Crippen LogP contribution in [0.4, 0.5) is 0 Å². The summed E-state index contributed by atoms with van der Waals surface area (Å²) in [7, 11) is 0. The summed E-state index contributed by atoms with van der Waals surface area (Å²) < 4.78 is 2.53. The third kappa shape index (κ3) is 4.17. The Kier molecular flexibility index (Phi) is 5.80. The molecule has 1 aromatic heterocycles. The summed E-state index contributed by atoms with van der Waals surface area (Å²) in [5, 5.41) is 20.5. The molecule has 0 fully saturated rings. The zero-order valence-electron chi connectivity index (χ0n) is 14.3. The van der Waals surface area contributed by atoms with Crippen LogP contribution in [0.2, 0.25) is 0 Å². The van der Waals surface area contributed by atoms with Gasteiger partial charge < -0.3 is 10.4 Å². The molecule has 1 amide bonds. The van der Waals surface area contributed by atoms with Crippen LogP contribution in [-0.4, -0.2) is 38.7 Å². The van der Waals surface area contributed by atoms with Gasteiger partial charge in [0, 0.05) is 4.47 Å². The molecule has 0 saturated carbocycles. The molecule has 7 heteroatoms. The minimum atomic E-state index is -0.389. The van der Waals surface area contributed by atoms with Crippen LogP contribution >= 0.6 is 15.9 Å². The van der Waals surface area contributed by atoms with Gasteiger partial charge in [-0.1, -0.05) is 57.5 Å². The summed E-state index contributed by atoms with van der Waals surface area (Å²) in [4.78, 5) is 12.6. The number of carbonyl (C=O) groups excluding carboxylic acids is 1. The number of carbonyl (C=O) groups is 1. The minimum absolute atomic E-state index is 0.153. The molecule has 6 nitrogen and oxygen atoms in total. The summed E-state index contributed by atoms with van der Waals surface area (Å²) in [5.41, 5.74) is 2.74. The molecule has 0 radical (unpaired) electrons. The van der Waals surface area contributed by atoms with Crippen LogP contribution in [0.25, 0.3) is 5.69 Å². The summed E-state index contributed by atoms with van der Waals surface area (Å²) in [6.07, 6.45) is 0.544. The van der Waals surface area contributed by atoms with Crippen molar-refractivity contribution in [2.24, 2.45) is 0 Å². The largest absolute Gasteiger partial charge is 0.394 e. The lowest BCUT2D eigenvalue weighted by molar-refractivity contribution is 0.0910. The summed E-state index contributed by atoms with van der Waals surface area (Å²) in [5.74, 6) is -0.348. The monoisotopic (exact) mass is 414 g/mol. The van der Waals surface area contributed by atoms with E-state index in [9.17, 15) is 9.90 Å². The molecular weight excluding hydrogens is 396 g/mol. The summed E-state index contributed by atoms with van der Waals surface area (Å²) in [6, 6.07) is 16.9. The maximum absolute atomic E-state index is 12.6. The number of nitrogens with zero attached hydrogens (tertiary/aromatic N) is 3. The molecule has 2 aromatic carbocycles. The SMILES string of the molecule is Cc1c(C(=O)N[C@H](CO)Cc2ccccc2)nnn1-c1cccc(Br)c1. The van der Waals surface area contributed by atoms with Crippen LogP contribution in [0.1, 0.15) is 21.7 Å². The van der Waals surface area contributed by atoms with Gasteiger partial charge in [-0.05, 0) is 37.1 Å². The normalized spacial score (nSPS) is 12.0. The molecule has 3 rings (SSSR count). The van der Waals surface area contributed by atoms with Gasteiger partial charge in [0.25, 0.3) is 5.91 Å². The van der Waals surface area contributed by atoms with E-state index in [0.29, 0.717) is 12.1 Å². The van der Waals surface area contributed by atoms with Crippen molar-refractivity contribution in [3.63, 3.8) is 0 Å². The first-order valence-corrected chi connectivity index (χ1v) is 9.01. The van der Waals surface area contributed by atoms with Crippen LogP contribution < -0.4 is 5.32 Å². The fraction of sp³-hybridized carbons (Fsp3) is 0.211. The molecule has 0 saturated heterocycles. The van der Waals surface area contributed by atoms with Crippen LogP contribution in [-0.2, 0) is 6.42 Å². The Hall–Kier alpha value is -2.51. The van der Waals surface area contributed by atoms with Crippen molar-refractivity contribution in [3.8, 4) is 5.69 Å². The molecule has 3 aromatic rings. The average molecular weight is 415 g/mol. The van der Waals surface area contributed by atoms with E-state index in [1.165, 1.54) is 0 Å². The maximum Gasteiger partial charge on any atom is 0.274 e. The number of aromatic nitrogens is 3. The van der Waals surface area contributed by atoms with Crippen molar-refractivity contribution in [2.45, 2.75) is 19.4 Å². The van der Waals surface area contributed by atoms with Crippen LogP contribution in [0.3, 0.4) is 0 Å². The fourth-order valence-electron chi connectivity index (χ4n) is 2.71. The quantitative estimate of drug-likeness (QED) is 0.649. The van der Waals surface area contributed by atoms with Crippen molar-refractivity contribution in [2.75, 3.05) is 6.61 Å². The Morgan fingerprint density at radius 2 is 2.00 bits per heavy atom. The Morgan fingerprint density at radius 3 is 2.69 bits per heavy atom. The van der Waals surface area contributed by atoms with Crippen LogP contribution in [0, 0.1) is 6.92 Å². The van der Waals surface area contributed by atoms with E-state index in [2.05, 4.69) is 31.6 Å². The van der Waals surface area contributed by atoms with Crippen molar-refractivity contribution in [3.05, 3.63) is 76.0 Å². The lowest BCUT2D eigenvalue weighted by atomic mass is 10.1. The number of hydrogen-bond acceptors (Lipinski definition) is 4. The third-order valence-electron chi connectivity index (χ3n) is 4.04. The molecule has 0 bridgehead atoms. The van der Waals surface area contributed by atoms with E-state index in [1.807, 2.05) is 54.6 Å². The van der Waals surface area contributed by atoms with E-state index < -0.39 is 0 Å². The van der Waals surface area contributed by atoms with Gasteiger partial charge in [-0.2, -0.15) is 0 Å². The van der Waals surface area contributed by atoms with E-state index in [-0.39, 0.29) is 24.2 Å². The molecular formula is C19H19BrN4O2. The number of aliphatic hydroxyl groups excluding tert-OH is 1. The zero-order chi connectivity index (χ0) is 18.5. The summed E-state index contributed by atoms with van der Waals surface area (Å²) >= 11 is 3.42. The zero-order valence-corrected chi connectivity index (χ0v) is 15.8. The molecule has 1 atom stereocenters. The molecule has 0 aliphatic rings. The molecule has 2 N–H and O–H groups in total. The number of hydrogen-bond donors (Lipinski definition) is 2. The molecule has 0 unspecified atom stereocenters. The first-order chi connectivity index (χ1) is 12.6. The van der Waals surface area contributed by atoms with Gasteiger partial charge in [-0.15, -0.1) is 5.10 Å². The number of halogens is 1. The lowest BCUT2D eigenvalue weighted by Crippen LogP contribution is -2.39. The highest BCUT2D eigenvalue weighted by atomic mass is 79.9. The van der Waals surface area contributed by atoms with E-state index in [0.717, 1.165) is 15.7 Å². The maximum atomic E-state index is 12.6. The molecule has 1 heterocycles. The third-order valence-corrected chi connectivity index (χ3v) is 4.54. The number of benzene rings is 2. The molecule has 0 spiro atoms. The van der Waals surface area contributed by atoms with E-state index >= 15 is 0 Å². The standard InChI is InChI=1S/C19H19BrN4O2/c1-13-18(22-23-24(13)17-9-5-8-15(20)11-17)19(26)21-16(12-25)10-14-6-3-2-4-7-14/h2-9,11,16,25H,10,12H2,1H3,(H,21,26)/t16-/m0/s1. The number of aliphatic hydroxyl groups is 1. The van der Waals surface area contributed by atoms with Crippen molar-refractivity contribution < 1.29 is 9.90 Å². The topological polar surface area (TPSA) is 80.0 Å². The van der Waals surface area contributed by atoms with Gasteiger partial charge in [0.2, 0.25) is 0 Å². The van der Waals surface area contributed by atoms with Gasteiger partial charge in [0.1, 0.15) is 0 Å². The Bertz CT molecular complexity index is 896. The highest BCUT2D eigenvalue weighted by Crippen LogP contribution is 2.17. The summed E-state index contributed by atoms with van der Waals surface area (Å²) in [6.45, 7) is 1.64. The molecule has 134 valence electrons. The second-order valence-electron chi connectivity index (χ2n) is 5.96. The van der Waals surface area contributed by atoms with Crippen molar-refractivity contribution in [1.82, 2.24) is 20.3 Å². The average Bonchev–Trinajstić information content (AvgIpc) is 3.03. The second kappa shape index (κ2) is 8.25. The van der Waals surface area contributed by atoms with Gasteiger partial charge >= 0.3 is 0 Å². The van der Waals surface area contributed by atoms with Crippen molar-refractivity contribution >= 4 is 21.8 Å².